The van der Waals surface area contributed by atoms with E-state index in [1.807, 2.05) is 7.05 Å². The summed E-state index contributed by atoms with van der Waals surface area (Å²) < 4.78 is 27.0. The molecule has 0 aromatic heterocycles. The number of benzene rings is 1. The fourth-order valence-electron chi connectivity index (χ4n) is 3.20. The number of hydrogen-bond donors (Lipinski definition) is 1. The Kier molecular flexibility index (Phi) is 5.35. The number of carbonyl (C=O) groups is 1. The Labute approximate surface area is 143 Å². The molecular weight excluding hydrogens is 338 g/mol. The van der Waals surface area contributed by atoms with Gasteiger partial charge in [0.25, 0.3) is 0 Å². The summed E-state index contributed by atoms with van der Waals surface area (Å²) in [5, 5.41) is 3.13. The third-order valence-corrected chi connectivity index (χ3v) is 6.38. The molecular formula is C15H22ClN3O3S. The molecule has 8 heteroatoms. The molecule has 1 aromatic rings. The largest absolute Gasteiger partial charge is 0.316 e. The van der Waals surface area contributed by atoms with Crippen molar-refractivity contribution in [3.8, 4) is 0 Å². The Bertz CT molecular complexity index is 708. The average molecular weight is 360 g/mol. The van der Waals surface area contributed by atoms with Gasteiger partial charge in [0.2, 0.25) is 15.9 Å². The molecule has 23 heavy (non-hydrogen) atoms. The number of fused-ring (bicyclic) bond motifs is 1. The fraction of sp³-hybridized carbons (Fsp3) is 0.533. The molecule has 1 saturated heterocycles. The van der Waals surface area contributed by atoms with E-state index in [1.54, 1.807) is 23.1 Å². The molecule has 0 radical (unpaired) electrons. The summed E-state index contributed by atoms with van der Waals surface area (Å²) in [5.74, 6) is -0.00855. The molecule has 2 heterocycles. The highest BCUT2D eigenvalue weighted by Crippen LogP contribution is 2.31. The highest BCUT2D eigenvalue weighted by atomic mass is 35.5. The van der Waals surface area contributed by atoms with E-state index in [-0.39, 0.29) is 24.4 Å². The van der Waals surface area contributed by atoms with Crippen molar-refractivity contribution in [2.24, 2.45) is 0 Å². The number of carbonyl (C=O) groups excluding carboxylic acids is 1. The lowest BCUT2D eigenvalue weighted by molar-refractivity contribution is -0.116. The van der Waals surface area contributed by atoms with Gasteiger partial charge in [0, 0.05) is 38.3 Å². The molecule has 1 unspecified atom stereocenters. The number of hydrogen-bond acceptors (Lipinski definition) is 4. The summed E-state index contributed by atoms with van der Waals surface area (Å²) in [7, 11) is -1.60. The van der Waals surface area contributed by atoms with Gasteiger partial charge in [-0.1, -0.05) is 0 Å². The fourth-order valence-corrected chi connectivity index (χ4v) is 4.75. The number of halogens is 1. The molecule has 1 amide bonds. The van der Waals surface area contributed by atoms with E-state index in [4.69, 9.17) is 0 Å². The summed E-state index contributed by atoms with van der Waals surface area (Å²) in [5.41, 5.74) is 1.77. The van der Waals surface area contributed by atoms with Gasteiger partial charge in [-0.15, -0.1) is 12.4 Å². The number of anilines is 1. The van der Waals surface area contributed by atoms with Crippen LogP contribution in [0.5, 0.6) is 0 Å². The smallest absolute Gasteiger partial charge is 0.243 e. The van der Waals surface area contributed by atoms with Crippen molar-refractivity contribution in [1.82, 2.24) is 9.62 Å². The minimum Gasteiger partial charge on any atom is -0.316 e. The molecule has 0 spiro atoms. The number of amides is 1. The SMILES string of the molecule is CNC1CCN(S(=O)(=O)c2ccc3c(c2)CCN3C(C)=O)C1.Cl. The molecule has 3 rings (SSSR count). The maximum absolute atomic E-state index is 12.7. The zero-order chi connectivity index (χ0) is 15.9. The van der Waals surface area contributed by atoms with Gasteiger partial charge in [0.15, 0.2) is 0 Å². The van der Waals surface area contributed by atoms with Crippen LogP contribution in [0, 0.1) is 0 Å². The van der Waals surface area contributed by atoms with E-state index in [0.717, 1.165) is 17.7 Å². The second kappa shape index (κ2) is 6.76. The first-order valence-corrected chi connectivity index (χ1v) is 8.96. The van der Waals surface area contributed by atoms with Crippen LogP contribution < -0.4 is 10.2 Å². The number of nitrogens with one attached hydrogen (secondary N) is 1. The first kappa shape index (κ1) is 18.2. The lowest BCUT2D eigenvalue weighted by Crippen LogP contribution is -2.33. The van der Waals surface area contributed by atoms with Crippen molar-refractivity contribution in [2.45, 2.75) is 30.7 Å². The van der Waals surface area contributed by atoms with E-state index >= 15 is 0 Å². The van der Waals surface area contributed by atoms with Gasteiger partial charge in [-0.25, -0.2) is 8.42 Å². The molecule has 0 aliphatic carbocycles. The minimum absolute atomic E-state index is 0. The summed E-state index contributed by atoms with van der Waals surface area (Å²) >= 11 is 0. The first-order chi connectivity index (χ1) is 10.4. The van der Waals surface area contributed by atoms with E-state index in [9.17, 15) is 13.2 Å². The lowest BCUT2D eigenvalue weighted by Gasteiger charge is -2.18. The van der Waals surface area contributed by atoms with Crippen LogP contribution in [0.1, 0.15) is 18.9 Å². The third-order valence-electron chi connectivity index (χ3n) is 4.52. The summed E-state index contributed by atoms with van der Waals surface area (Å²) in [4.78, 5) is 13.6. The van der Waals surface area contributed by atoms with Crippen molar-refractivity contribution in [1.29, 1.82) is 0 Å². The van der Waals surface area contributed by atoms with Crippen LogP contribution in [-0.4, -0.2) is 51.4 Å². The topological polar surface area (TPSA) is 69.7 Å². The summed E-state index contributed by atoms with van der Waals surface area (Å²) in [6.45, 7) is 3.21. The van der Waals surface area contributed by atoms with Gasteiger partial charge in [-0.3, -0.25) is 4.79 Å². The van der Waals surface area contributed by atoms with E-state index in [2.05, 4.69) is 5.32 Å². The molecule has 1 fully saturated rings. The third kappa shape index (κ3) is 3.24. The van der Waals surface area contributed by atoms with Gasteiger partial charge < -0.3 is 10.2 Å². The number of rotatable bonds is 3. The van der Waals surface area contributed by atoms with Crippen molar-refractivity contribution in [2.75, 3.05) is 31.6 Å². The summed E-state index contributed by atoms with van der Waals surface area (Å²) in [6, 6.07) is 5.31. The van der Waals surface area contributed by atoms with Crippen LogP contribution in [0.15, 0.2) is 23.1 Å². The predicted molar refractivity (Wildman–Crippen MR) is 91.6 cm³/mol. The van der Waals surface area contributed by atoms with Crippen molar-refractivity contribution < 1.29 is 13.2 Å². The first-order valence-electron chi connectivity index (χ1n) is 7.52. The Morgan fingerprint density at radius 1 is 1.30 bits per heavy atom. The van der Waals surface area contributed by atoms with Crippen LogP contribution in [0.2, 0.25) is 0 Å². The van der Waals surface area contributed by atoms with Crippen LogP contribution in [0.4, 0.5) is 5.69 Å². The summed E-state index contributed by atoms with van der Waals surface area (Å²) in [6.07, 6.45) is 1.54. The predicted octanol–water partition coefficient (Wildman–Crippen LogP) is 1.000. The highest BCUT2D eigenvalue weighted by molar-refractivity contribution is 7.89. The van der Waals surface area contributed by atoms with Gasteiger partial charge in [-0.2, -0.15) is 4.31 Å². The quantitative estimate of drug-likeness (QED) is 0.874. The van der Waals surface area contributed by atoms with Gasteiger partial charge in [0.05, 0.1) is 4.90 Å². The van der Waals surface area contributed by atoms with E-state index < -0.39 is 10.0 Å². The number of nitrogens with zero attached hydrogens (tertiary/aromatic N) is 2. The van der Waals surface area contributed by atoms with Crippen molar-refractivity contribution >= 4 is 34.0 Å². The molecule has 1 atom stereocenters. The monoisotopic (exact) mass is 359 g/mol. The Balaban J connectivity index is 0.00000192. The molecule has 128 valence electrons. The maximum Gasteiger partial charge on any atom is 0.243 e. The zero-order valence-corrected chi connectivity index (χ0v) is 14.9. The Morgan fingerprint density at radius 2 is 2.04 bits per heavy atom. The number of likely N-dealkylation sites (N-methyl/N-ethyl adjacent to an activating group) is 1. The lowest BCUT2D eigenvalue weighted by atomic mass is 10.2. The molecule has 6 nitrogen and oxygen atoms in total. The van der Waals surface area contributed by atoms with Crippen LogP contribution in [0.3, 0.4) is 0 Å². The Morgan fingerprint density at radius 3 is 2.65 bits per heavy atom. The van der Waals surface area contributed by atoms with Gasteiger partial charge >= 0.3 is 0 Å². The molecule has 0 saturated carbocycles. The van der Waals surface area contributed by atoms with Gasteiger partial charge in [0.1, 0.15) is 0 Å². The normalized spacial score (nSPS) is 21.1. The molecule has 1 N–H and O–H groups in total. The molecule has 1 aromatic carbocycles. The zero-order valence-electron chi connectivity index (χ0n) is 13.3. The number of sulfonamides is 1. The standard InChI is InChI=1S/C15H21N3O3S.ClH/c1-11(19)18-8-5-12-9-14(3-4-15(12)18)22(20,21)17-7-6-13(10-17)16-2;/h3-4,9,13,16H,5-8,10H2,1-2H3;1H. The van der Waals surface area contributed by atoms with E-state index in [0.29, 0.717) is 31.0 Å². The molecule has 2 aliphatic rings. The van der Waals surface area contributed by atoms with E-state index in [1.165, 1.54) is 11.2 Å². The molecule has 2 aliphatic heterocycles. The van der Waals surface area contributed by atoms with Crippen molar-refractivity contribution in [3.63, 3.8) is 0 Å². The maximum atomic E-state index is 12.7. The molecule has 0 bridgehead atoms. The second-order valence-corrected chi connectivity index (χ2v) is 7.79. The van der Waals surface area contributed by atoms with Gasteiger partial charge in [-0.05, 0) is 43.7 Å². The van der Waals surface area contributed by atoms with Crippen LogP contribution in [-0.2, 0) is 21.2 Å². The second-order valence-electron chi connectivity index (χ2n) is 5.85. The Hall–Kier alpha value is -1.15. The van der Waals surface area contributed by atoms with Crippen LogP contribution in [0.25, 0.3) is 0 Å². The minimum atomic E-state index is -3.45. The van der Waals surface area contributed by atoms with Crippen molar-refractivity contribution in [3.05, 3.63) is 23.8 Å². The highest BCUT2D eigenvalue weighted by Gasteiger charge is 2.33. The van der Waals surface area contributed by atoms with Crippen LogP contribution >= 0.6 is 12.4 Å². The average Bonchev–Trinajstić information content (AvgIpc) is 3.13.